The summed E-state index contributed by atoms with van der Waals surface area (Å²) in [5, 5.41) is 3.16. The van der Waals surface area contributed by atoms with Crippen molar-refractivity contribution in [2.24, 2.45) is 0 Å². The molecule has 0 saturated heterocycles. The van der Waals surface area contributed by atoms with Crippen molar-refractivity contribution in [3.05, 3.63) is 29.6 Å². The zero-order valence-corrected chi connectivity index (χ0v) is 11.5. The topological polar surface area (TPSA) is 38.3 Å². The average molecular weight is 271 g/mol. The number of rotatable bonds is 7. The quantitative estimate of drug-likeness (QED) is 0.610. The number of hydrogen-bond acceptors (Lipinski definition) is 4. The maximum Gasteiger partial charge on any atom is 0.340 e. The predicted octanol–water partition coefficient (Wildman–Crippen LogP) is 3.17. The summed E-state index contributed by atoms with van der Waals surface area (Å²) in [5.74, 6) is 0.990. The van der Waals surface area contributed by atoms with Crippen molar-refractivity contribution in [3.63, 3.8) is 0 Å². The van der Waals surface area contributed by atoms with Crippen LogP contribution in [0.5, 0.6) is 0 Å². The number of esters is 1. The molecule has 18 heavy (non-hydrogen) atoms. The minimum atomic E-state index is -0.655. The molecule has 1 rings (SSSR count). The number of thioether (sulfide) groups is 1. The molecule has 0 heterocycles. The Balaban J connectivity index is 2.54. The van der Waals surface area contributed by atoms with E-state index in [0.29, 0.717) is 0 Å². The van der Waals surface area contributed by atoms with Crippen molar-refractivity contribution in [2.45, 2.75) is 13.3 Å². The summed E-state index contributed by atoms with van der Waals surface area (Å²) >= 11 is 1.88. The molecule has 0 unspecified atom stereocenters. The first-order chi connectivity index (χ1) is 8.69. The summed E-state index contributed by atoms with van der Waals surface area (Å²) in [6, 6.07) is 4.37. The van der Waals surface area contributed by atoms with E-state index in [-0.39, 0.29) is 5.56 Å². The molecule has 1 aromatic rings. The summed E-state index contributed by atoms with van der Waals surface area (Å²) in [6.45, 7) is 2.93. The van der Waals surface area contributed by atoms with Crippen molar-refractivity contribution in [1.82, 2.24) is 0 Å². The van der Waals surface area contributed by atoms with Gasteiger partial charge in [0.15, 0.2) is 0 Å². The van der Waals surface area contributed by atoms with Crippen LogP contribution in [0, 0.1) is 5.82 Å². The van der Waals surface area contributed by atoms with Crippen LogP contribution in [0.2, 0.25) is 0 Å². The molecular formula is C13H18FNO2S. The molecule has 0 aromatic heterocycles. The molecule has 1 N–H and O–H groups in total. The van der Waals surface area contributed by atoms with Gasteiger partial charge in [0, 0.05) is 12.2 Å². The lowest BCUT2D eigenvalue weighted by molar-refractivity contribution is 0.0595. The van der Waals surface area contributed by atoms with Gasteiger partial charge in [-0.05, 0) is 36.1 Å². The van der Waals surface area contributed by atoms with E-state index in [1.807, 2.05) is 11.8 Å². The van der Waals surface area contributed by atoms with Crippen molar-refractivity contribution in [1.29, 1.82) is 0 Å². The zero-order valence-electron chi connectivity index (χ0n) is 10.7. The third kappa shape index (κ3) is 4.56. The van der Waals surface area contributed by atoms with Gasteiger partial charge in [0.1, 0.15) is 5.82 Å². The normalized spacial score (nSPS) is 10.2. The number of ether oxygens (including phenoxy) is 1. The van der Waals surface area contributed by atoms with Gasteiger partial charge in [0.2, 0.25) is 0 Å². The molecule has 0 spiro atoms. The zero-order chi connectivity index (χ0) is 13.4. The van der Waals surface area contributed by atoms with Gasteiger partial charge >= 0.3 is 5.97 Å². The Kier molecular flexibility index (Phi) is 6.57. The van der Waals surface area contributed by atoms with E-state index in [1.165, 1.54) is 19.2 Å². The van der Waals surface area contributed by atoms with E-state index in [9.17, 15) is 9.18 Å². The van der Waals surface area contributed by atoms with E-state index in [2.05, 4.69) is 17.0 Å². The molecule has 100 valence electrons. The summed E-state index contributed by atoms with van der Waals surface area (Å²) in [5.41, 5.74) is 0.698. The molecule has 0 fully saturated rings. The molecule has 0 aliphatic carbocycles. The van der Waals surface area contributed by atoms with Crippen LogP contribution in [0.25, 0.3) is 0 Å². The Morgan fingerprint density at radius 2 is 2.28 bits per heavy atom. The second kappa shape index (κ2) is 7.97. The van der Waals surface area contributed by atoms with Gasteiger partial charge in [0.05, 0.1) is 12.7 Å². The Bertz CT molecular complexity index is 399. The molecule has 1 aromatic carbocycles. The van der Waals surface area contributed by atoms with Crippen LogP contribution >= 0.6 is 11.8 Å². The summed E-state index contributed by atoms with van der Waals surface area (Å²) < 4.78 is 17.9. The van der Waals surface area contributed by atoms with E-state index in [0.717, 1.165) is 30.2 Å². The van der Waals surface area contributed by atoms with Crippen molar-refractivity contribution in [2.75, 3.05) is 30.5 Å². The van der Waals surface area contributed by atoms with Crippen LogP contribution in [0.3, 0.4) is 0 Å². The van der Waals surface area contributed by atoms with Crippen molar-refractivity contribution >= 4 is 23.4 Å². The van der Waals surface area contributed by atoms with E-state index >= 15 is 0 Å². The maximum atomic E-state index is 13.4. The first-order valence-electron chi connectivity index (χ1n) is 5.88. The molecule has 0 amide bonds. The standard InChI is InChI=1S/C13H18FNO2S/c1-3-18-8-4-7-15-10-5-6-12(14)11(9-10)13(16)17-2/h5-6,9,15H,3-4,7-8H2,1-2H3. The van der Waals surface area contributed by atoms with Crippen molar-refractivity contribution < 1.29 is 13.9 Å². The first-order valence-corrected chi connectivity index (χ1v) is 7.04. The van der Waals surface area contributed by atoms with Gasteiger partial charge in [-0.15, -0.1) is 0 Å². The highest BCUT2D eigenvalue weighted by atomic mass is 32.2. The molecule has 3 nitrogen and oxygen atoms in total. The van der Waals surface area contributed by atoms with Gasteiger partial charge in [-0.25, -0.2) is 9.18 Å². The fourth-order valence-electron chi connectivity index (χ4n) is 1.45. The molecule has 0 atom stereocenters. The molecule has 0 aliphatic rings. The molecule has 0 bridgehead atoms. The number of benzene rings is 1. The number of carbonyl (C=O) groups excluding carboxylic acids is 1. The summed E-state index contributed by atoms with van der Waals surface area (Å²) in [4.78, 5) is 11.3. The molecule has 0 saturated carbocycles. The van der Waals surface area contributed by atoms with E-state index in [1.54, 1.807) is 6.07 Å². The lowest BCUT2D eigenvalue weighted by Crippen LogP contribution is -2.07. The molecular weight excluding hydrogens is 253 g/mol. The monoisotopic (exact) mass is 271 g/mol. The third-order valence-electron chi connectivity index (χ3n) is 2.37. The fourth-order valence-corrected chi connectivity index (χ4v) is 2.09. The van der Waals surface area contributed by atoms with Crippen LogP contribution in [0.15, 0.2) is 18.2 Å². The Morgan fingerprint density at radius 3 is 2.94 bits per heavy atom. The Labute approximate surface area is 111 Å². The molecule has 5 heteroatoms. The van der Waals surface area contributed by atoms with Crippen LogP contribution in [0.4, 0.5) is 10.1 Å². The van der Waals surface area contributed by atoms with Crippen LogP contribution in [-0.2, 0) is 4.74 Å². The minimum Gasteiger partial charge on any atom is -0.465 e. The number of hydrogen-bond donors (Lipinski definition) is 1. The van der Waals surface area contributed by atoms with Crippen LogP contribution in [-0.4, -0.2) is 31.1 Å². The van der Waals surface area contributed by atoms with Crippen LogP contribution in [0.1, 0.15) is 23.7 Å². The maximum absolute atomic E-state index is 13.4. The Morgan fingerprint density at radius 1 is 1.50 bits per heavy atom. The average Bonchev–Trinajstić information content (AvgIpc) is 2.39. The second-order valence-electron chi connectivity index (χ2n) is 3.66. The smallest absolute Gasteiger partial charge is 0.340 e. The Hall–Kier alpha value is -1.23. The second-order valence-corrected chi connectivity index (χ2v) is 5.06. The highest BCUT2D eigenvalue weighted by Gasteiger charge is 2.12. The van der Waals surface area contributed by atoms with Gasteiger partial charge < -0.3 is 10.1 Å². The number of carbonyl (C=O) groups is 1. The highest BCUT2D eigenvalue weighted by Crippen LogP contribution is 2.15. The van der Waals surface area contributed by atoms with Crippen LogP contribution < -0.4 is 5.32 Å². The number of nitrogens with one attached hydrogen (secondary N) is 1. The SMILES string of the molecule is CCSCCCNc1ccc(F)c(C(=O)OC)c1. The first kappa shape index (κ1) is 14.8. The highest BCUT2D eigenvalue weighted by molar-refractivity contribution is 7.99. The minimum absolute atomic E-state index is 0.0366. The van der Waals surface area contributed by atoms with Gasteiger partial charge in [-0.3, -0.25) is 0 Å². The molecule has 0 aliphatic heterocycles. The van der Waals surface area contributed by atoms with Crippen molar-refractivity contribution in [3.8, 4) is 0 Å². The summed E-state index contributed by atoms with van der Waals surface area (Å²) in [7, 11) is 1.24. The summed E-state index contributed by atoms with van der Waals surface area (Å²) in [6.07, 6.45) is 1.03. The van der Waals surface area contributed by atoms with E-state index in [4.69, 9.17) is 0 Å². The van der Waals surface area contributed by atoms with Gasteiger partial charge in [0.25, 0.3) is 0 Å². The molecule has 0 radical (unpaired) electrons. The van der Waals surface area contributed by atoms with Gasteiger partial charge in [-0.1, -0.05) is 6.92 Å². The number of methoxy groups -OCH3 is 1. The largest absolute Gasteiger partial charge is 0.465 e. The van der Waals surface area contributed by atoms with Gasteiger partial charge in [-0.2, -0.15) is 11.8 Å². The lowest BCUT2D eigenvalue weighted by atomic mass is 10.2. The number of halogens is 1. The predicted molar refractivity (Wildman–Crippen MR) is 73.8 cm³/mol. The fraction of sp³-hybridized carbons (Fsp3) is 0.462. The third-order valence-corrected chi connectivity index (χ3v) is 3.36. The number of anilines is 1. The lowest BCUT2D eigenvalue weighted by Gasteiger charge is -2.08. The van der Waals surface area contributed by atoms with E-state index < -0.39 is 11.8 Å².